The Bertz CT molecular complexity index is 912. The Labute approximate surface area is 159 Å². The average molecular weight is 392 g/mol. The van der Waals surface area contributed by atoms with Crippen molar-refractivity contribution in [2.45, 2.75) is 31.2 Å². The van der Waals surface area contributed by atoms with Crippen LogP contribution in [0.5, 0.6) is 11.5 Å². The topological polar surface area (TPSA) is 93.7 Å². The van der Waals surface area contributed by atoms with Crippen molar-refractivity contribution in [3.63, 3.8) is 0 Å². The van der Waals surface area contributed by atoms with Crippen LogP contribution in [0.15, 0.2) is 47.4 Å². The van der Waals surface area contributed by atoms with Crippen molar-refractivity contribution in [3.8, 4) is 11.5 Å². The lowest BCUT2D eigenvalue weighted by atomic mass is 10.2. The number of benzene rings is 2. The molecule has 27 heavy (non-hydrogen) atoms. The van der Waals surface area contributed by atoms with Crippen molar-refractivity contribution in [1.82, 2.24) is 5.32 Å². The summed E-state index contributed by atoms with van der Waals surface area (Å²) < 4.78 is 38.3. The Morgan fingerprint density at radius 1 is 1.11 bits per heavy atom. The molecule has 0 aliphatic carbocycles. The molecule has 0 aromatic heterocycles. The molecule has 8 heteroatoms. The zero-order valence-corrected chi connectivity index (χ0v) is 16.6. The second-order valence-corrected chi connectivity index (χ2v) is 7.66. The van der Waals surface area contributed by atoms with Gasteiger partial charge in [0.25, 0.3) is 15.9 Å². The number of methoxy groups -OCH3 is 2. The van der Waals surface area contributed by atoms with Crippen LogP contribution in [0.25, 0.3) is 0 Å². The van der Waals surface area contributed by atoms with E-state index in [9.17, 15) is 13.2 Å². The van der Waals surface area contributed by atoms with E-state index in [1.54, 1.807) is 24.3 Å². The molecule has 0 aliphatic heterocycles. The highest BCUT2D eigenvalue weighted by Crippen LogP contribution is 2.30. The quantitative estimate of drug-likeness (QED) is 0.720. The highest BCUT2D eigenvalue weighted by Gasteiger charge is 2.19. The van der Waals surface area contributed by atoms with Crippen LogP contribution >= 0.6 is 0 Å². The van der Waals surface area contributed by atoms with Crippen LogP contribution in [-0.4, -0.2) is 34.6 Å². The van der Waals surface area contributed by atoms with Gasteiger partial charge in [0.1, 0.15) is 11.5 Å². The Morgan fingerprint density at radius 3 is 2.48 bits per heavy atom. The number of rotatable bonds is 8. The predicted octanol–water partition coefficient (Wildman–Crippen LogP) is 3.03. The minimum atomic E-state index is -3.91. The largest absolute Gasteiger partial charge is 0.497 e. The number of hydrogen-bond donors (Lipinski definition) is 2. The summed E-state index contributed by atoms with van der Waals surface area (Å²) in [4.78, 5) is 12.2. The van der Waals surface area contributed by atoms with Crippen molar-refractivity contribution in [3.05, 3.63) is 48.0 Å². The molecular formula is C19H24N2O5S. The van der Waals surface area contributed by atoms with Crippen molar-refractivity contribution in [1.29, 1.82) is 0 Å². The van der Waals surface area contributed by atoms with Crippen molar-refractivity contribution in [2.75, 3.05) is 18.9 Å². The van der Waals surface area contributed by atoms with E-state index in [1.807, 2.05) is 13.8 Å². The molecular weight excluding hydrogens is 368 g/mol. The van der Waals surface area contributed by atoms with E-state index in [0.717, 1.165) is 6.42 Å². The standard InChI is InChI=1S/C19H24N2O5S/c1-5-13(2)20-19(22)14-7-6-8-16(11-14)27(23,24)21-17-10-9-15(25-3)12-18(17)26-4/h6-13,21H,5H2,1-4H3,(H,20,22). The summed E-state index contributed by atoms with van der Waals surface area (Å²) in [6.45, 7) is 3.84. The molecule has 2 aromatic carbocycles. The summed E-state index contributed by atoms with van der Waals surface area (Å²) in [5, 5.41) is 2.82. The van der Waals surface area contributed by atoms with E-state index < -0.39 is 10.0 Å². The van der Waals surface area contributed by atoms with Crippen LogP contribution < -0.4 is 19.5 Å². The molecule has 0 saturated heterocycles. The second kappa shape index (κ2) is 8.77. The molecule has 0 heterocycles. The van der Waals surface area contributed by atoms with Crippen LogP contribution in [-0.2, 0) is 10.0 Å². The number of carbonyl (C=O) groups is 1. The van der Waals surface area contributed by atoms with Gasteiger partial charge >= 0.3 is 0 Å². The van der Waals surface area contributed by atoms with Gasteiger partial charge in [-0.3, -0.25) is 9.52 Å². The summed E-state index contributed by atoms with van der Waals surface area (Å²) in [5.74, 6) is 0.547. The summed E-state index contributed by atoms with van der Waals surface area (Å²) in [6, 6.07) is 10.6. The smallest absolute Gasteiger partial charge is 0.262 e. The number of amides is 1. The fourth-order valence-electron chi connectivity index (χ4n) is 2.30. The maximum Gasteiger partial charge on any atom is 0.262 e. The molecule has 2 N–H and O–H groups in total. The third kappa shape index (κ3) is 5.13. The van der Waals surface area contributed by atoms with Gasteiger partial charge in [0.2, 0.25) is 0 Å². The van der Waals surface area contributed by atoms with Gasteiger partial charge in [0.05, 0.1) is 24.8 Å². The lowest BCUT2D eigenvalue weighted by molar-refractivity contribution is 0.0939. The van der Waals surface area contributed by atoms with Gasteiger partial charge in [0.15, 0.2) is 0 Å². The SMILES string of the molecule is CCC(C)NC(=O)c1cccc(S(=O)(=O)Nc2ccc(OC)cc2OC)c1. The third-order valence-electron chi connectivity index (χ3n) is 4.05. The van der Waals surface area contributed by atoms with E-state index in [-0.39, 0.29) is 28.1 Å². The Kier molecular flexibility index (Phi) is 6.68. The van der Waals surface area contributed by atoms with Crippen molar-refractivity contribution in [2.24, 2.45) is 0 Å². The molecule has 7 nitrogen and oxygen atoms in total. The van der Waals surface area contributed by atoms with Crippen LogP contribution in [0.2, 0.25) is 0 Å². The van der Waals surface area contributed by atoms with Gasteiger partial charge in [-0.1, -0.05) is 13.0 Å². The first-order valence-corrected chi connectivity index (χ1v) is 9.94. The minimum absolute atomic E-state index is 0.000511. The number of ether oxygens (including phenoxy) is 2. The molecule has 1 unspecified atom stereocenters. The normalized spacial score (nSPS) is 12.1. The highest BCUT2D eigenvalue weighted by atomic mass is 32.2. The van der Waals surface area contributed by atoms with Crippen LogP contribution in [0, 0.1) is 0 Å². The molecule has 0 spiro atoms. The Morgan fingerprint density at radius 2 is 1.85 bits per heavy atom. The fraction of sp³-hybridized carbons (Fsp3) is 0.316. The van der Waals surface area contributed by atoms with Crippen molar-refractivity contribution >= 4 is 21.6 Å². The van der Waals surface area contributed by atoms with Crippen LogP contribution in [0.4, 0.5) is 5.69 Å². The first-order chi connectivity index (χ1) is 12.8. The molecule has 146 valence electrons. The number of nitrogens with one attached hydrogen (secondary N) is 2. The summed E-state index contributed by atoms with van der Waals surface area (Å²) in [5.41, 5.74) is 0.549. The lowest BCUT2D eigenvalue weighted by Gasteiger charge is -2.14. The molecule has 0 saturated carbocycles. The highest BCUT2D eigenvalue weighted by molar-refractivity contribution is 7.92. The second-order valence-electron chi connectivity index (χ2n) is 5.98. The molecule has 0 radical (unpaired) electrons. The molecule has 0 fully saturated rings. The first-order valence-electron chi connectivity index (χ1n) is 8.46. The van der Waals surface area contributed by atoms with E-state index in [1.165, 1.54) is 32.4 Å². The van der Waals surface area contributed by atoms with E-state index >= 15 is 0 Å². The number of carbonyl (C=O) groups excluding carboxylic acids is 1. The average Bonchev–Trinajstić information content (AvgIpc) is 2.67. The zero-order valence-electron chi connectivity index (χ0n) is 15.8. The van der Waals surface area contributed by atoms with Gasteiger partial charge in [0, 0.05) is 17.7 Å². The maximum absolute atomic E-state index is 12.7. The Hall–Kier alpha value is -2.74. The molecule has 2 rings (SSSR count). The number of anilines is 1. The molecule has 2 aromatic rings. The van der Waals surface area contributed by atoms with Gasteiger partial charge in [-0.25, -0.2) is 8.42 Å². The summed E-state index contributed by atoms with van der Waals surface area (Å²) in [7, 11) is -0.961. The fourth-order valence-corrected chi connectivity index (χ4v) is 3.42. The van der Waals surface area contributed by atoms with E-state index in [2.05, 4.69) is 10.0 Å². The molecule has 1 atom stereocenters. The molecule has 0 bridgehead atoms. The van der Waals surface area contributed by atoms with Gasteiger partial charge in [-0.05, 0) is 43.7 Å². The number of hydrogen-bond acceptors (Lipinski definition) is 5. The zero-order chi connectivity index (χ0) is 20.0. The van der Waals surface area contributed by atoms with Crippen LogP contribution in [0.3, 0.4) is 0 Å². The van der Waals surface area contributed by atoms with Crippen LogP contribution in [0.1, 0.15) is 30.6 Å². The summed E-state index contributed by atoms with van der Waals surface area (Å²) in [6.07, 6.45) is 0.780. The van der Waals surface area contributed by atoms with Gasteiger partial charge in [-0.15, -0.1) is 0 Å². The first kappa shape index (κ1) is 20.6. The van der Waals surface area contributed by atoms with Crippen molar-refractivity contribution < 1.29 is 22.7 Å². The minimum Gasteiger partial charge on any atom is -0.497 e. The number of sulfonamides is 1. The maximum atomic E-state index is 12.7. The predicted molar refractivity (Wildman–Crippen MR) is 104 cm³/mol. The molecule has 1 amide bonds. The van der Waals surface area contributed by atoms with Gasteiger partial charge < -0.3 is 14.8 Å². The Balaban J connectivity index is 2.30. The third-order valence-corrected chi connectivity index (χ3v) is 5.41. The molecule has 0 aliphatic rings. The van der Waals surface area contributed by atoms with E-state index in [4.69, 9.17) is 9.47 Å². The lowest BCUT2D eigenvalue weighted by Crippen LogP contribution is -2.32. The van der Waals surface area contributed by atoms with Gasteiger partial charge in [-0.2, -0.15) is 0 Å². The monoisotopic (exact) mass is 392 g/mol. The van der Waals surface area contributed by atoms with E-state index in [0.29, 0.717) is 11.5 Å². The summed E-state index contributed by atoms with van der Waals surface area (Å²) >= 11 is 0.